The molecule has 3 nitrogen and oxygen atoms in total. The number of para-hydroxylation sites is 1. The van der Waals surface area contributed by atoms with E-state index in [1.54, 1.807) is 0 Å². The van der Waals surface area contributed by atoms with E-state index in [0.717, 1.165) is 32.0 Å². The molecule has 0 radical (unpaired) electrons. The highest BCUT2D eigenvalue weighted by atomic mass is 16.5. The van der Waals surface area contributed by atoms with Crippen LogP contribution in [0.25, 0.3) is 0 Å². The van der Waals surface area contributed by atoms with Crippen LogP contribution in [0.2, 0.25) is 0 Å². The second kappa shape index (κ2) is 8.28. The molecule has 1 aliphatic heterocycles. The van der Waals surface area contributed by atoms with Gasteiger partial charge < -0.3 is 10.1 Å². The molecule has 112 valence electrons. The SMILES string of the molecule is CC(C)CN(CCOc1ccccc1)CC1CCCN1. The van der Waals surface area contributed by atoms with Gasteiger partial charge >= 0.3 is 0 Å². The summed E-state index contributed by atoms with van der Waals surface area (Å²) in [6, 6.07) is 10.8. The van der Waals surface area contributed by atoms with Gasteiger partial charge in [-0.3, -0.25) is 4.90 Å². The molecule has 1 N–H and O–H groups in total. The van der Waals surface area contributed by atoms with Crippen LogP contribution in [0.4, 0.5) is 0 Å². The molecule has 0 spiro atoms. The normalized spacial score (nSPS) is 18.9. The average molecular weight is 276 g/mol. The molecule has 1 saturated heterocycles. The van der Waals surface area contributed by atoms with Crippen molar-refractivity contribution in [3.8, 4) is 5.75 Å². The van der Waals surface area contributed by atoms with Crippen LogP contribution in [-0.4, -0.2) is 43.7 Å². The first-order chi connectivity index (χ1) is 9.74. The lowest BCUT2D eigenvalue weighted by Crippen LogP contribution is -2.41. The van der Waals surface area contributed by atoms with Gasteiger partial charge in [0.1, 0.15) is 12.4 Å². The van der Waals surface area contributed by atoms with Gasteiger partial charge in [-0.05, 0) is 37.4 Å². The average Bonchev–Trinajstić information content (AvgIpc) is 2.92. The third-order valence-corrected chi connectivity index (χ3v) is 3.68. The van der Waals surface area contributed by atoms with Crippen molar-refractivity contribution < 1.29 is 4.74 Å². The van der Waals surface area contributed by atoms with Gasteiger partial charge in [0.15, 0.2) is 0 Å². The van der Waals surface area contributed by atoms with Crippen molar-refractivity contribution in [3.63, 3.8) is 0 Å². The molecule has 2 rings (SSSR count). The maximum Gasteiger partial charge on any atom is 0.119 e. The summed E-state index contributed by atoms with van der Waals surface area (Å²) in [6.45, 7) is 9.82. The summed E-state index contributed by atoms with van der Waals surface area (Å²) in [7, 11) is 0. The molecule has 0 amide bonds. The second-order valence-corrected chi connectivity index (χ2v) is 6.11. The molecule has 0 saturated carbocycles. The molecule has 1 unspecified atom stereocenters. The zero-order valence-corrected chi connectivity index (χ0v) is 12.8. The first-order valence-corrected chi connectivity index (χ1v) is 7.87. The Bertz CT molecular complexity index is 361. The van der Waals surface area contributed by atoms with Crippen LogP contribution in [0, 0.1) is 5.92 Å². The van der Waals surface area contributed by atoms with Crippen LogP contribution in [-0.2, 0) is 0 Å². The van der Waals surface area contributed by atoms with Gasteiger partial charge in [0.05, 0.1) is 0 Å². The Morgan fingerprint density at radius 3 is 2.75 bits per heavy atom. The fourth-order valence-corrected chi connectivity index (χ4v) is 2.81. The van der Waals surface area contributed by atoms with Crippen molar-refractivity contribution in [2.45, 2.75) is 32.7 Å². The molecule has 1 aliphatic rings. The molecule has 1 aromatic rings. The Kier molecular flexibility index (Phi) is 6.34. The number of nitrogens with zero attached hydrogens (tertiary/aromatic N) is 1. The molecule has 3 heteroatoms. The lowest BCUT2D eigenvalue weighted by Gasteiger charge is -2.27. The Balaban J connectivity index is 1.74. The van der Waals surface area contributed by atoms with Gasteiger partial charge in [0.2, 0.25) is 0 Å². The first kappa shape index (κ1) is 15.3. The highest BCUT2D eigenvalue weighted by molar-refractivity contribution is 5.20. The van der Waals surface area contributed by atoms with E-state index < -0.39 is 0 Å². The lowest BCUT2D eigenvalue weighted by atomic mass is 10.1. The maximum absolute atomic E-state index is 5.82. The molecule has 1 atom stereocenters. The summed E-state index contributed by atoms with van der Waals surface area (Å²) < 4.78 is 5.82. The molecule has 1 aromatic carbocycles. The van der Waals surface area contributed by atoms with Gasteiger partial charge in [-0.15, -0.1) is 0 Å². The Labute approximate surface area is 123 Å². The molecule has 20 heavy (non-hydrogen) atoms. The fraction of sp³-hybridized carbons (Fsp3) is 0.647. The largest absolute Gasteiger partial charge is 0.492 e. The molecule has 0 aromatic heterocycles. The first-order valence-electron chi connectivity index (χ1n) is 7.87. The minimum Gasteiger partial charge on any atom is -0.492 e. The smallest absolute Gasteiger partial charge is 0.119 e. The third-order valence-electron chi connectivity index (χ3n) is 3.68. The van der Waals surface area contributed by atoms with Crippen molar-refractivity contribution in [1.29, 1.82) is 0 Å². The summed E-state index contributed by atoms with van der Waals surface area (Å²) >= 11 is 0. The zero-order valence-electron chi connectivity index (χ0n) is 12.8. The van der Waals surface area contributed by atoms with E-state index in [-0.39, 0.29) is 0 Å². The maximum atomic E-state index is 5.82. The standard InChI is InChI=1S/C17H28N2O/c1-15(2)13-19(14-16-7-6-10-18-16)11-12-20-17-8-4-3-5-9-17/h3-5,8-9,15-16,18H,6-7,10-14H2,1-2H3. The minimum atomic E-state index is 0.672. The fourth-order valence-electron chi connectivity index (χ4n) is 2.81. The molecule has 0 bridgehead atoms. The minimum absolute atomic E-state index is 0.672. The number of nitrogens with one attached hydrogen (secondary N) is 1. The van der Waals surface area contributed by atoms with Crippen LogP contribution in [0.1, 0.15) is 26.7 Å². The summed E-state index contributed by atoms with van der Waals surface area (Å²) in [4.78, 5) is 2.54. The Hall–Kier alpha value is -1.06. The van der Waals surface area contributed by atoms with Crippen LogP contribution in [0.5, 0.6) is 5.75 Å². The van der Waals surface area contributed by atoms with E-state index in [4.69, 9.17) is 4.74 Å². The molecule has 1 heterocycles. The molecule has 0 aliphatic carbocycles. The van der Waals surface area contributed by atoms with Crippen molar-refractivity contribution >= 4 is 0 Å². The van der Waals surface area contributed by atoms with Gasteiger partial charge in [-0.2, -0.15) is 0 Å². The lowest BCUT2D eigenvalue weighted by molar-refractivity contribution is 0.181. The van der Waals surface area contributed by atoms with Crippen molar-refractivity contribution in [1.82, 2.24) is 10.2 Å². The summed E-state index contributed by atoms with van der Waals surface area (Å²) in [5.74, 6) is 1.67. The van der Waals surface area contributed by atoms with E-state index in [1.165, 1.54) is 19.4 Å². The van der Waals surface area contributed by atoms with Crippen molar-refractivity contribution in [2.75, 3.05) is 32.8 Å². The zero-order chi connectivity index (χ0) is 14.2. The Morgan fingerprint density at radius 1 is 1.30 bits per heavy atom. The van der Waals surface area contributed by atoms with Crippen molar-refractivity contribution in [3.05, 3.63) is 30.3 Å². The number of hydrogen-bond donors (Lipinski definition) is 1. The van der Waals surface area contributed by atoms with Gasteiger partial charge in [0.25, 0.3) is 0 Å². The molecular weight excluding hydrogens is 248 g/mol. The van der Waals surface area contributed by atoms with E-state index in [2.05, 4.69) is 24.1 Å². The van der Waals surface area contributed by atoms with Gasteiger partial charge in [-0.25, -0.2) is 0 Å². The topological polar surface area (TPSA) is 24.5 Å². The van der Waals surface area contributed by atoms with Crippen LogP contribution in [0.3, 0.4) is 0 Å². The molecule has 1 fully saturated rings. The second-order valence-electron chi connectivity index (χ2n) is 6.11. The third kappa shape index (κ3) is 5.51. The summed E-state index contributed by atoms with van der Waals surface area (Å²) in [5.41, 5.74) is 0. The Morgan fingerprint density at radius 2 is 2.10 bits per heavy atom. The summed E-state index contributed by atoms with van der Waals surface area (Å²) in [6.07, 6.45) is 2.63. The monoisotopic (exact) mass is 276 g/mol. The quantitative estimate of drug-likeness (QED) is 0.790. The van der Waals surface area contributed by atoms with Gasteiger partial charge in [0, 0.05) is 25.7 Å². The van der Waals surface area contributed by atoms with E-state index in [0.29, 0.717) is 12.0 Å². The van der Waals surface area contributed by atoms with E-state index >= 15 is 0 Å². The van der Waals surface area contributed by atoms with E-state index in [9.17, 15) is 0 Å². The van der Waals surface area contributed by atoms with Crippen LogP contribution >= 0.6 is 0 Å². The van der Waals surface area contributed by atoms with Crippen molar-refractivity contribution in [2.24, 2.45) is 5.92 Å². The van der Waals surface area contributed by atoms with E-state index in [1.807, 2.05) is 30.3 Å². The predicted molar refractivity (Wildman–Crippen MR) is 84.2 cm³/mol. The molecular formula is C17H28N2O. The van der Waals surface area contributed by atoms with Gasteiger partial charge in [-0.1, -0.05) is 32.0 Å². The van der Waals surface area contributed by atoms with Crippen LogP contribution < -0.4 is 10.1 Å². The summed E-state index contributed by atoms with van der Waals surface area (Å²) in [5, 5.41) is 3.59. The number of ether oxygens (including phenoxy) is 1. The van der Waals surface area contributed by atoms with Crippen LogP contribution in [0.15, 0.2) is 30.3 Å². The highest BCUT2D eigenvalue weighted by Gasteiger charge is 2.18. The number of rotatable bonds is 8. The predicted octanol–water partition coefficient (Wildman–Crippen LogP) is 2.78. The number of hydrogen-bond acceptors (Lipinski definition) is 3. The highest BCUT2D eigenvalue weighted by Crippen LogP contribution is 2.10. The number of benzene rings is 1.